The Morgan fingerprint density at radius 2 is 1.09 bits per heavy atom. The first-order valence-electron chi connectivity index (χ1n) is 9.77. The Morgan fingerprint density at radius 3 is 1.39 bits per heavy atom. The maximum atomic E-state index is 13.3. The van der Waals surface area contributed by atoms with E-state index in [0.717, 1.165) is 11.1 Å². The van der Waals surface area contributed by atoms with Gasteiger partial charge < -0.3 is 9.47 Å². The van der Waals surface area contributed by atoms with Crippen molar-refractivity contribution in [1.29, 1.82) is 0 Å². The summed E-state index contributed by atoms with van der Waals surface area (Å²) in [4.78, 5) is 0. The van der Waals surface area contributed by atoms with Crippen LogP contribution < -0.4 is 9.47 Å². The summed E-state index contributed by atoms with van der Waals surface area (Å²) >= 11 is 0. The van der Waals surface area contributed by atoms with Crippen LogP contribution >= 0.6 is 0 Å². The summed E-state index contributed by atoms with van der Waals surface area (Å²) in [5.74, 6) is -0.155. The van der Waals surface area contributed by atoms with E-state index in [9.17, 15) is 26.3 Å². The first-order valence-corrected chi connectivity index (χ1v) is 9.77. The van der Waals surface area contributed by atoms with Gasteiger partial charge in [0.25, 0.3) is 0 Å². The number of hydrogen-bond donors (Lipinski definition) is 0. The molecule has 176 valence electrons. The van der Waals surface area contributed by atoms with Gasteiger partial charge in [-0.25, -0.2) is 0 Å². The topological polar surface area (TPSA) is 18.5 Å². The summed E-state index contributed by atoms with van der Waals surface area (Å²) < 4.78 is 85.7. The lowest BCUT2D eigenvalue weighted by Gasteiger charge is -2.28. The van der Waals surface area contributed by atoms with E-state index >= 15 is 0 Å². The quantitative estimate of drug-likeness (QED) is 0.198. The van der Waals surface area contributed by atoms with Crippen LogP contribution in [0.5, 0.6) is 11.5 Å². The SMILES string of the molecule is C=CCc1cc(C(C)(C)c2ccc(OC(F)=C(F)F)c(CC=C)c2)ccc1OC(F)=C(F)F. The normalized spacial score (nSPS) is 10.9. The third-order valence-electron chi connectivity index (χ3n) is 4.99. The second-order valence-corrected chi connectivity index (χ2v) is 7.53. The molecule has 33 heavy (non-hydrogen) atoms. The lowest BCUT2D eigenvalue weighted by molar-refractivity contribution is 0.240. The van der Waals surface area contributed by atoms with Gasteiger partial charge in [-0.1, -0.05) is 50.3 Å². The van der Waals surface area contributed by atoms with Crippen LogP contribution in [0.3, 0.4) is 0 Å². The molecule has 0 spiro atoms. The van der Waals surface area contributed by atoms with Gasteiger partial charge in [-0.2, -0.15) is 26.3 Å². The van der Waals surface area contributed by atoms with Crippen LogP contribution in [0.2, 0.25) is 0 Å². The van der Waals surface area contributed by atoms with Gasteiger partial charge in [0.2, 0.25) is 0 Å². The number of allylic oxidation sites excluding steroid dienone is 2. The van der Waals surface area contributed by atoms with Gasteiger partial charge in [-0.3, -0.25) is 0 Å². The van der Waals surface area contributed by atoms with Gasteiger partial charge in [0.15, 0.2) is 0 Å². The summed E-state index contributed by atoms with van der Waals surface area (Å²) in [6.45, 7) is 11.0. The highest BCUT2D eigenvalue weighted by atomic mass is 19.3. The van der Waals surface area contributed by atoms with Crippen LogP contribution in [-0.4, -0.2) is 0 Å². The summed E-state index contributed by atoms with van der Waals surface area (Å²) in [5, 5.41) is 0. The second kappa shape index (κ2) is 10.9. The van der Waals surface area contributed by atoms with Crippen molar-refractivity contribution in [2.75, 3.05) is 0 Å². The van der Waals surface area contributed by atoms with Gasteiger partial charge in [0, 0.05) is 5.41 Å². The number of hydrogen-bond acceptors (Lipinski definition) is 2. The van der Waals surface area contributed by atoms with Gasteiger partial charge in [0.1, 0.15) is 11.5 Å². The minimum absolute atomic E-state index is 0.0774. The van der Waals surface area contributed by atoms with Crippen molar-refractivity contribution >= 4 is 0 Å². The molecule has 2 aromatic carbocycles. The zero-order chi connectivity index (χ0) is 24.8. The van der Waals surface area contributed by atoms with E-state index < -0.39 is 29.6 Å². The molecule has 0 aliphatic rings. The molecule has 0 saturated heterocycles. The van der Waals surface area contributed by atoms with Gasteiger partial charge in [-0.05, 0) is 47.2 Å². The number of rotatable bonds is 10. The molecule has 0 saturated carbocycles. The standard InChI is InChI=1S/C25H22F6O2/c1-5-7-15-13-17(9-11-19(15)32-23(30)21(26)27)25(3,4)18-10-12-20(16(14-18)8-6-2)33-24(31)22(28)29/h5-6,9-14H,1-2,7-8H2,3-4H3. The molecule has 0 unspecified atom stereocenters. The maximum Gasteiger partial charge on any atom is 0.344 e. The lowest BCUT2D eigenvalue weighted by atomic mass is 9.77. The zero-order valence-corrected chi connectivity index (χ0v) is 18.0. The van der Waals surface area contributed by atoms with Gasteiger partial charge >= 0.3 is 24.2 Å². The Hall–Kier alpha value is -3.42. The fraction of sp³-hybridized carbons (Fsp3) is 0.200. The van der Waals surface area contributed by atoms with Crippen LogP contribution in [0.15, 0.2) is 85.9 Å². The molecule has 0 radical (unpaired) electrons. The molecule has 0 aromatic heterocycles. The van der Waals surface area contributed by atoms with Crippen molar-refractivity contribution in [1.82, 2.24) is 0 Å². The summed E-state index contributed by atoms with van der Waals surface area (Å²) in [5.41, 5.74) is 1.65. The van der Waals surface area contributed by atoms with E-state index in [4.69, 9.17) is 0 Å². The molecular formula is C25H22F6O2. The molecule has 0 heterocycles. The van der Waals surface area contributed by atoms with Crippen molar-refractivity contribution < 1.29 is 35.8 Å². The summed E-state index contributed by atoms with van der Waals surface area (Å²) in [6, 6.07) is 5.35. The van der Waals surface area contributed by atoms with Crippen LogP contribution in [0.4, 0.5) is 26.3 Å². The van der Waals surface area contributed by atoms with E-state index in [-0.39, 0.29) is 24.3 Å². The van der Waals surface area contributed by atoms with Crippen molar-refractivity contribution in [3.05, 3.63) is 108 Å². The summed E-state index contributed by atoms with van der Waals surface area (Å²) in [6.07, 6.45) is -1.63. The van der Waals surface area contributed by atoms with E-state index in [1.807, 2.05) is 13.8 Å². The Morgan fingerprint density at radius 1 is 0.727 bits per heavy atom. The molecule has 2 nitrogen and oxygen atoms in total. The molecule has 0 atom stereocenters. The monoisotopic (exact) mass is 468 g/mol. The largest absolute Gasteiger partial charge is 0.428 e. The predicted molar refractivity (Wildman–Crippen MR) is 115 cm³/mol. The van der Waals surface area contributed by atoms with Crippen LogP contribution in [0.25, 0.3) is 0 Å². The molecule has 8 heteroatoms. The smallest absolute Gasteiger partial charge is 0.344 e. The van der Waals surface area contributed by atoms with Crippen LogP contribution in [-0.2, 0) is 18.3 Å². The van der Waals surface area contributed by atoms with E-state index in [1.54, 1.807) is 24.3 Å². The van der Waals surface area contributed by atoms with E-state index in [2.05, 4.69) is 22.6 Å². The fourth-order valence-corrected chi connectivity index (χ4v) is 3.20. The molecule has 0 N–H and O–H groups in total. The highest BCUT2D eigenvalue weighted by Gasteiger charge is 2.26. The number of ether oxygens (including phenoxy) is 2. The van der Waals surface area contributed by atoms with Crippen LogP contribution in [0.1, 0.15) is 36.1 Å². The molecule has 2 aromatic rings. The highest BCUT2D eigenvalue weighted by molar-refractivity contribution is 5.48. The Labute approximate surface area is 188 Å². The Kier molecular flexibility index (Phi) is 8.56. The third kappa shape index (κ3) is 6.31. The Balaban J connectivity index is 2.51. The zero-order valence-electron chi connectivity index (χ0n) is 18.0. The fourth-order valence-electron chi connectivity index (χ4n) is 3.20. The minimum atomic E-state index is -2.57. The average Bonchev–Trinajstić information content (AvgIpc) is 2.76. The predicted octanol–water partition coefficient (Wildman–Crippen LogP) is 8.30. The molecule has 0 amide bonds. The third-order valence-corrected chi connectivity index (χ3v) is 4.99. The average molecular weight is 468 g/mol. The number of halogens is 6. The van der Waals surface area contributed by atoms with E-state index in [1.165, 1.54) is 24.3 Å². The maximum absolute atomic E-state index is 13.3. The first kappa shape index (κ1) is 25.8. The highest BCUT2D eigenvalue weighted by Crippen LogP contribution is 2.37. The van der Waals surface area contributed by atoms with Gasteiger partial charge in [0.05, 0.1) is 0 Å². The molecule has 0 bridgehead atoms. The second-order valence-electron chi connectivity index (χ2n) is 7.53. The van der Waals surface area contributed by atoms with Crippen molar-refractivity contribution in [2.45, 2.75) is 32.1 Å². The van der Waals surface area contributed by atoms with Gasteiger partial charge in [-0.15, -0.1) is 13.2 Å². The van der Waals surface area contributed by atoms with Crippen molar-refractivity contribution in [3.63, 3.8) is 0 Å². The minimum Gasteiger partial charge on any atom is -0.428 e. The number of benzene rings is 2. The molecule has 0 aliphatic heterocycles. The van der Waals surface area contributed by atoms with Crippen molar-refractivity contribution in [2.24, 2.45) is 0 Å². The Bertz CT molecular complexity index is 1010. The summed E-state index contributed by atoms with van der Waals surface area (Å²) in [7, 11) is 0. The lowest BCUT2D eigenvalue weighted by Crippen LogP contribution is -2.20. The van der Waals surface area contributed by atoms with Crippen molar-refractivity contribution in [3.8, 4) is 11.5 Å². The molecule has 0 fully saturated rings. The van der Waals surface area contributed by atoms with Crippen LogP contribution in [0, 0.1) is 0 Å². The first-order chi connectivity index (χ1) is 15.5. The molecule has 0 aliphatic carbocycles. The molecule has 2 rings (SSSR count). The van der Waals surface area contributed by atoms with E-state index in [0.29, 0.717) is 11.1 Å². The molecular weight excluding hydrogens is 446 g/mol.